The highest BCUT2D eigenvalue weighted by Gasteiger charge is 2.23. The summed E-state index contributed by atoms with van der Waals surface area (Å²) in [5.74, 6) is -1.45. The fourth-order valence-corrected chi connectivity index (χ4v) is 4.45. The van der Waals surface area contributed by atoms with E-state index in [1.54, 1.807) is 27.0 Å². The highest BCUT2D eigenvalue weighted by atomic mass is 35.5. The number of pyridine rings is 1. The molecule has 3 aromatic heterocycles. The molecule has 1 amide bonds. The Kier molecular flexibility index (Phi) is 6.17. The first-order valence-electron chi connectivity index (χ1n) is 11.5. The molecule has 0 bridgehead atoms. The normalized spacial score (nSPS) is 14.4. The van der Waals surface area contributed by atoms with Crippen molar-refractivity contribution >= 4 is 34.5 Å². The maximum Gasteiger partial charge on any atom is 0.290 e. The van der Waals surface area contributed by atoms with Crippen molar-refractivity contribution in [2.24, 2.45) is 0 Å². The maximum atomic E-state index is 14.8. The van der Waals surface area contributed by atoms with E-state index >= 15 is 0 Å². The third kappa shape index (κ3) is 4.54. The van der Waals surface area contributed by atoms with Gasteiger partial charge in [0.2, 0.25) is 0 Å². The molecule has 1 N–H and O–H groups in total. The van der Waals surface area contributed by atoms with Crippen molar-refractivity contribution in [2.45, 2.75) is 26.3 Å². The summed E-state index contributed by atoms with van der Waals surface area (Å²) < 4.78 is 37.7. The van der Waals surface area contributed by atoms with Gasteiger partial charge in [-0.1, -0.05) is 11.6 Å². The zero-order valence-electron chi connectivity index (χ0n) is 20.1. The summed E-state index contributed by atoms with van der Waals surface area (Å²) in [5.41, 5.74) is 2.05. The Balaban J connectivity index is 1.51. The van der Waals surface area contributed by atoms with Gasteiger partial charge in [0.05, 0.1) is 29.6 Å². The van der Waals surface area contributed by atoms with E-state index in [-0.39, 0.29) is 16.4 Å². The predicted octanol–water partition coefficient (Wildman–Crippen LogP) is 4.97. The maximum absolute atomic E-state index is 14.8. The molecule has 1 fully saturated rings. The van der Waals surface area contributed by atoms with Gasteiger partial charge < -0.3 is 23.9 Å². The number of nitrogens with zero attached hydrogens (tertiary/aromatic N) is 5. The number of amides is 1. The smallest absolute Gasteiger partial charge is 0.290 e. The second kappa shape index (κ2) is 9.18. The summed E-state index contributed by atoms with van der Waals surface area (Å²) in [6.07, 6.45) is 5.88. The molecule has 0 spiro atoms. The van der Waals surface area contributed by atoms with E-state index in [4.69, 9.17) is 16.3 Å². The fourth-order valence-electron chi connectivity index (χ4n) is 4.19. The van der Waals surface area contributed by atoms with Crippen molar-refractivity contribution in [1.82, 2.24) is 18.9 Å². The molecular formula is C25H25ClF2N6O2. The molecule has 0 saturated carbocycles. The largest absolute Gasteiger partial charge is 0.378 e. The molecule has 188 valence electrons. The lowest BCUT2D eigenvalue weighted by Gasteiger charge is -2.29. The van der Waals surface area contributed by atoms with Crippen molar-refractivity contribution < 1.29 is 18.3 Å². The van der Waals surface area contributed by atoms with Gasteiger partial charge in [0, 0.05) is 54.5 Å². The lowest BCUT2D eigenvalue weighted by molar-refractivity contribution is 0.102. The predicted molar refractivity (Wildman–Crippen MR) is 134 cm³/mol. The number of benzene rings is 1. The van der Waals surface area contributed by atoms with Gasteiger partial charge in [-0.05, 0) is 39.0 Å². The van der Waals surface area contributed by atoms with Crippen molar-refractivity contribution in [3.8, 4) is 11.1 Å². The standard InChI is InChI=1S/C25H25ClF2N6O2/c1-25(2,3)34-14-20(31-24(34)28)23(35)30-19-11-16(17(26)12-18(19)27)15-10-21(32-6-8-36-9-7-32)22-29-4-5-33(22)13-15/h4-5,10-14H,6-9H2,1-3H3,(H,30,35). The first-order valence-corrected chi connectivity index (χ1v) is 11.8. The molecule has 1 aliphatic rings. The van der Waals surface area contributed by atoms with Crippen LogP contribution in [0.5, 0.6) is 0 Å². The molecule has 0 radical (unpaired) electrons. The van der Waals surface area contributed by atoms with Gasteiger partial charge in [-0.25, -0.2) is 9.37 Å². The van der Waals surface area contributed by atoms with Gasteiger partial charge >= 0.3 is 0 Å². The molecule has 0 atom stereocenters. The van der Waals surface area contributed by atoms with Crippen LogP contribution in [0, 0.1) is 11.9 Å². The zero-order chi connectivity index (χ0) is 25.6. The van der Waals surface area contributed by atoms with Crippen LogP contribution < -0.4 is 10.2 Å². The summed E-state index contributed by atoms with van der Waals surface area (Å²) >= 11 is 6.45. The monoisotopic (exact) mass is 514 g/mol. The molecule has 0 aliphatic carbocycles. The number of nitrogens with one attached hydrogen (secondary N) is 1. The molecule has 4 aromatic rings. The lowest BCUT2D eigenvalue weighted by atomic mass is 10.1. The van der Waals surface area contributed by atoms with Crippen LogP contribution >= 0.6 is 11.6 Å². The van der Waals surface area contributed by atoms with Crippen LogP contribution in [-0.4, -0.2) is 51.1 Å². The highest BCUT2D eigenvalue weighted by molar-refractivity contribution is 6.33. The SMILES string of the molecule is CC(C)(C)n1cc(C(=O)Nc2cc(-c3cc(N4CCOCC4)c4nccn4c3)c(Cl)cc2F)nc1F. The molecule has 11 heteroatoms. The van der Waals surface area contributed by atoms with E-state index in [2.05, 4.69) is 20.2 Å². The number of carbonyl (C=O) groups is 1. The van der Waals surface area contributed by atoms with Crippen LogP contribution in [-0.2, 0) is 10.3 Å². The quantitative estimate of drug-likeness (QED) is 0.416. The molecule has 1 aromatic carbocycles. The number of rotatable bonds is 4. The van der Waals surface area contributed by atoms with Crippen LogP contribution in [0.4, 0.5) is 20.2 Å². The number of carbonyl (C=O) groups excluding carboxylic acids is 1. The van der Waals surface area contributed by atoms with Gasteiger partial charge in [0.1, 0.15) is 11.5 Å². The van der Waals surface area contributed by atoms with Gasteiger partial charge in [-0.3, -0.25) is 4.79 Å². The molecule has 4 heterocycles. The second-order valence-corrected chi connectivity index (χ2v) is 9.98. The van der Waals surface area contributed by atoms with Gasteiger partial charge in [-0.15, -0.1) is 0 Å². The summed E-state index contributed by atoms with van der Waals surface area (Å²) in [7, 11) is 0. The minimum atomic E-state index is -0.797. The van der Waals surface area contributed by atoms with E-state index in [1.165, 1.54) is 16.8 Å². The van der Waals surface area contributed by atoms with Gasteiger partial charge in [0.15, 0.2) is 5.65 Å². The second-order valence-electron chi connectivity index (χ2n) is 9.57. The van der Waals surface area contributed by atoms with Crippen LogP contribution in [0.3, 0.4) is 0 Å². The number of hydrogen-bond acceptors (Lipinski definition) is 5. The minimum absolute atomic E-state index is 0.0937. The number of imidazole rings is 2. The molecule has 36 heavy (non-hydrogen) atoms. The molecule has 0 unspecified atom stereocenters. The van der Waals surface area contributed by atoms with Crippen LogP contribution in [0.2, 0.25) is 5.02 Å². The van der Waals surface area contributed by atoms with Crippen molar-refractivity contribution in [2.75, 3.05) is 36.5 Å². The van der Waals surface area contributed by atoms with Gasteiger partial charge in [0.25, 0.3) is 12.0 Å². The average molecular weight is 515 g/mol. The van der Waals surface area contributed by atoms with Crippen LogP contribution in [0.1, 0.15) is 31.3 Å². The van der Waals surface area contributed by atoms with E-state index in [1.807, 2.05) is 22.9 Å². The number of halogens is 3. The number of ether oxygens (including phenoxy) is 1. The highest BCUT2D eigenvalue weighted by Crippen LogP contribution is 2.36. The summed E-state index contributed by atoms with van der Waals surface area (Å²) in [4.78, 5) is 23.2. The third-order valence-corrected chi connectivity index (χ3v) is 6.37. The summed E-state index contributed by atoms with van der Waals surface area (Å²) in [5, 5.41) is 2.69. The topological polar surface area (TPSA) is 76.7 Å². The van der Waals surface area contributed by atoms with Crippen LogP contribution in [0.25, 0.3) is 16.8 Å². The van der Waals surface area contributed by atoms with Gasteiger partial charge in [-0.2, -0.15) is 9.37 Å². The first kappa shape index (κ1) is 24.2. The number of morpholine rings is 1. The Morgan fingerprint density at radius 3 is 2.58 bits per heavy atom. The number of anilines is 2. The zero-order valence-corrected chi connectivity index (χ0v) is 20.8. The average Bonchev–Trinajstić information content (AvgIpc) is 3.47. The number of fused-ring (bicyclic) bond motifs is 1. The minimum Gasteiger partial charge on any atom is -0.378 e. The molecule has 5 rings (SSSR count). The molecule has 1 saturated heterocycles. The lowest BCUT2D eigenvalue weighted by Crippen LogP contribution is -2.36. The Hall–Kier alpha value is -3.50. The Bertz CT molecular complexity index is 1450. The van der Waals surface area contributed by atoms with E-state index in [0.29, 0.717) is 37.4 Å². The summed E-state index contributed by atoms with van der Waals surface area (Å²) in [6, 6.07) is 4.56. The number of aromatic nitrogens is 4. The van der Waals surface area contributed by atoms with Crippen molar-refractivity contribution in [3.05, 3.63) is 65.6 Å². The number of hydrogen-bond donors (Lipinski definition) is 1. The molecule has 8 nitrogen and oxygen atoms in total. The van der Waals surface area contributed by atoms with Crippen LogP contribution in [0.15, 0.2) is 43.0 Å². The van der Waals surface area contributed by atoms with E-state index < -0.39 is 23.3 Å². The molecular weight excluding hydrogens is 490 g/mol. The van der Waals surface area contributed by atoms with E-state index in [9.17, 15) is 13.6 Å². The fraction of sp³-hybridized carbons (Fsp3) is 0.320. The summed E-state index contributed by atoms with van der Waals surface area (Å²) in [6.45, 7) is 7.99. The Labute approximate surface area is 211 Å². The Morgan fingerprint density at radius 2 is 1.89 bits per heavy atom. The first-order chi connectivity index (χ1) is 17.1. The van der Waals surface area contributed by atoms with Crippen molar-refractivity contribution in [3.63, 3.8) is 0 Å². The van der Waals surface area contributed by atoms with Crippen molar-refractivity contribution in [1.29, 1.82) is 0 Å². The third-order valence-electron chi connectivity index (χ3n) is 6.05. The van der Waals surface area contributed by atoms with E-state index in [0.717, 1.165) is 17.4 Å². The Morgan fingerprint density at radius 1 is 1.14 bits per heavy atom. The molecule has 1 aliphatic heterocycles.